The number of carbonyl (C=O) groups is 1. The number of hydrogen-bond donors (Lipinski definition) is 0. The van der Waals surface area contributed by atoms with Gasteiger partial charge in [-0.25, -0.2) is 4.79 Å². The van der Waals surface area contributed by atoms with Crippen LogP contribution in [0.25, 0.3) is 0 Å². The molecular formula is C23H34O2. The van der Waals surface area contributed by atoms with E-state index < -0.39 is 0 Å². The van der Waals surface area contributed by atoms with Gasteiger partial charge in [0, 0.05) is 11.5 Å². The zero-order chi connectivity index (χ0) is 18.2. The molecule has 0 bridgehead atoms. The Kier molecular flexibility index (Phi) is 5.01. The molecule has 1 unspecified atom stereocenters. The summed E-state index contributed by atoms with van der Waals surface area (Å²) in [6.45, 7) is 13.5. The van der Waals surface area contributed by atoms with Crippen molar-refractivity contribution in [3.05, 3.63) is 36.0 Å². The molecule has 3 aliphatic carbocycles. The quantitative estimate of drug-likeness (QED) is 0.473. The Morgan fingerprint density at radius 2 is 2.16 bits per heavy atom. The van der Waals surface area contributed by atoms with Crippen molar-refractivity contribution in [3.63, 3.8) is 0 Å². The molecule has 0 aromatic heterocycles. The lowest BCUT2D eigenvalue weighted by Gasteiger charge is -2.58. The first kappa shape index (κ1) is 18.5. The predicted octanol–water partition coefficient (Wildman–Crippen LogP) is 5.85. The number of ether oxygens (including phenoxy) is 1. The van der Waals surface area contributed by atoms with Gasteiger partial charge in [0.1, 0.15) is 0 Å². The van der Waals surface area contributed by atoms with E-state index >= 15 is 0 Å². The molecule has 0 aromatic rings. The molecule has 3 rings (SSSR count). The Balaban J connectivity index is 1.87. The van der Waals surface area contributed by atoms with Crippen LogP contribution in [0.3, 0.4) is 0 Å². The minimum absolute atomic E-state index is 0.0791. The Bertz CT molecular complexity index is 612. The van der Waals surface area contributed by atoms with Crippen molar-refractivity contribution in [1.29, 1.82) is 0 Å². The minimum Gasteiger partial charge on any atom is -0.462 e. The fraction of sp³-hybridized carbons (Fsp3) is 0.696. The van der Waals surface area contributed by atoms with Gasteiger partial charge in [0.15, 0.2) is 0 Å². The second-order valence-electron chi connectivity index (χ2n) is 9.28. The summed E-state index contributed by atoms with van der Waals surface area (Å²) in [5.74, 6) is 1.63. The number of carbonyl (C=O) groups excluding carboxylic acids is 1. The molecule has 4 atom stereocenters. The molecule has 0 spiro atoms. The molecule has 2 heteroatoms. The van der Waals surface area contributed by atoms with Crippen LogP contribution in [-0.4, -0.2) is 12.6 Å². The Morgan fingerprint density at radius 3 is 2.84 bits per heavy atom. The molecule has 0 aliphatic heterocycles. The summed E-state index contributed by atoms with van der Waals surface area (Å²) in [6, 6.07) is 0. The van der Waals surface area contributed by atoms with Crippen LogP contribution in [0.15, 0.2) is 36.0 Å². The normalized spacial score (nSPS) is 37.5. The van der Waals surface area contributed by atoms with E-state index in [0.29, 0.717) is 29.8 Å². The van der Waals surface area contributed by atoms with Crippen LogP contribution in [0.2, 0.25) is 0 Å². The summed E-state index contributed by atoms with van der Waals surface area (Å²) >= 11 is 0. The second-order valence-corrected chi connectivity index (χ2v) is 9.28. The molecule has 0 aromatic carbocycles. The average Bonchev–Trinajstić information content (AvgIpc) is 2.59. The van der Waals surface area contributed by atoms with E-state index in [9.17, 15) is 4.79 Å². The van der Waals surface area contributed by atoms with Crippen molar-refractivity contribution in [1.82, 2.24) is 0 Å². The lowest BCUT2D eigenvalue weighted by Crippen LogP contribution is -2.51. The second kappa shape index (κ2) is 6.78. The van der Waals surface area contributed by atoms with Crippen LogP contribution in [0.5, 0.6) is 0 Å². The Morgan fingerprint density at radius 1 is 1.40 bits per heavy atom. The van der Waals surface area contributed by atoms with Crippen LogP contribution in [0.4, 0.5) is 0 Å². The lowest BCUT2D eigenvalue weighted by atomic mass is 9.47. The van der Waals surface area contributed by atoms with Gasteiger partial charge in [-0.1, -0.05) is 58.4 Å². The third-order valence-electron chi connectivity index (χ3n) is 7.41. The molecule has 1 saturated carbocycles. The molecule has 0 N–H and O–H groups in total. The maximum absolute atomic E-state index is 11.6. The van der Waals surface area contributed by atoms with Gasteiger partial charge in [-0.15, -0.1) is 0 Å². The van der Waals surface area contributed by atoms with E-state index in [4.69, 9.17) is 4.74 Å². The predicted molar refractivity (Wildman–Crippen MR) is 103 cm³/mol. The van der Waals surface area contributed by atoms with Gasteiger partial charge in [-0.05, 0) is 60.8 Å². The zero-order valence-electron chi connectivity index (χ0n) is 16.4. The van der Waals surface area contributed by atoms with E-state index in [2.05, 4.69) is 46.4 Å². The highest BCUT2D eigenvalue weighted by molar-refractivity contribution is 5.81. The molecule has 0 saturated heterocycles. The SMILES string of the molecule is C=CC(=O)OC[C@@]1(C)CCC[C@@]2(C)C1CC=C1C=C(C(C)C)CC[C@H]12. The summed E-state index contributed by atoms with van der Waals surface area (Å²) < 4.78 is 5.52. The molecule has 0 radical (unpaired) electrons. The minimum atomic E-state index is -0.289. The summed E-state index contributed by atoms with van der Waals surface area (Å²) in [6.07, 6.45) is 13.6. The first-order valence-corrected chi connectivity index (χ1v) is 10.00. The van der Waals surface area contributed by atoms with Gasteiger partial charge in [0.05, 0.1) is 6.61 Å². The highest BCUT2D eigenvalue weighted by Gasteiger charge is 2.54. The van der Waals surface area contributed by atoms with Crippen LogP contribution < -0.4 is 0 Å². The van der Waals surface area contributed by atoms with Gasteiger partial charge >= 0.3 is 5.97 Å². The molecule has 1 fully saturated rings. The molecule has 0 heterocycles. The first-order chi connectivity index (χ1) is 11.8. The number of rotatable bonds is 4. The monoisotopic (exact) mass is 342 g/mol. The van der Waals surface area contributed by atoms with Gasteiger partial charge < -0.3 is 4.74 Å². The van der Waals surface area contributed by atoms with Gasteiger partial charge in [0.2, 0.25) is 0 Å². The van der Waals surface area contributed by atoms with Crippen LogP contribution in [0, 0.1) is 28.6 Å². The number of esters is 1. The lowest BCUT2D eigenvalue weighted by molar-refractivity contribution is -0.148. The van der Waals surface area contributed by atoms with Crippen LogP contribution in [-0.2, 0) is 9.53 Å². The third-order valence-corrected chi connectivity index (χ3v) is 7.41. The molecule has 2 nitrogen and oxygen atoms in total. The van der Waals surface area contributed by atoms with E-state index in [0.717, 1.165) is 12.8 Å². The zero-order valence-corrected chi connectivity index (χ0v) is 16.4. The Hall–Kier alpha value is -1.31. The van der Waals surface area contributed by atoms with Gasteiger partial charge in [-0.2, -0.15) is 0 Å². The van der Waals surface area contributed by atoms with Crippen molar-refractivity contribution >= 4 is 5.97 Å². The van der Waals surface area contributed by atoms with Crippen molar-refractivity contribution < 1.29 is 9.53 Å². The molecule has 25 heavy (non-hydrogen) atoms. The standard InChI is InChI=1S/C23H34O2/c1-6-21(24)25-15-22(4)12-7-13-23(5)19-10-8-17(16(2)3)14-18(19)9-11-20(22)23/h6,9,14,16,19-20H,1,7-8,10-13,15H2,2-5H3/t19-,20?,22-,23-/m1/s1. The third kappa shape index (κ3) is 3.25. The largest absolute Gasteiger partial charge is 0.462 e. The maximum atomic E-state index is 11.6. The highest BCUT2D eigenvalue weighted by atomic mass is 16.5. The average molecular weight is 343 g/mol. The fourth-order valence-corrected chi connectivity index (χ4v) is 5.94. The topological polar surface area (TPSA) is 26.3 Å². The smallest absolute Gasteiger partial charge is 0.330 e. The van der Waals surface area contributed by atoms with E-state index in [1.807, 2.05) is 0 Å². The maximum Gasteiger partial charge on any atom is 0.330 e. The molecule has 138 valence electrons. The fourth-order valence-electron chi connectivity index (χ4n) is 5.94. The number of fused-ring (bicyclic) bond motifs is 3. The summed E-state index contributed by atoms with van der Waals surface area (Å²) in [4.78, 5) is 11.6. The van der Waals surface area contributed by atoms with Crippen molar-refractivity contribution in [2.45, 2.75) is 66.2 Å². The van der Waals surface area contributed by atoms with Crippen LogP contribution >= 0.6 is 0 Å². The molecular weight excluding hydrogens is 308 g/mol. The number of hydrogen-bond acceptors (Lipinski definition) is 2. The highest BCUT2D eigenvalue weighted by Crippen LogP contribution is 2.62. The van der Waals surface area contributed by atoms with E-state index in [1.54, 1.807) is 11.1 Å². The van der Waals surface area contributed by atoms with Crippen molar-refractivity contribution in [3.8, 4) is 0 Å². The Labute approximate surface area is 153 Å². The van der Waals surface area contributed by atoms with Crippen molar-refractivity contribution in [2.24, 2.45) is 28.6 Å². The first-order valence-electron chi connectivity index (χ1n) is 10.00. The summed E-state index contributed by atoms with van der Waals surface area (Å²) in [5, 5.41) is 0. The molecule has 0 amide bonds. The van der Waals surface area contributed by atoms with Gasteiger partial charge in [0.25, 0.3) is 0 Å². The van der Waals surface area contributed by atoms with Gasteiger partial charge in [-0.3, -0.25) is 0 Å². The van der Waals surface area contributed by atoms with E-state index in [-0.39, 0.29) is 11.4 Å². The number of allylic oxidation sites excluding steroid dienone is 4. The summed E-state index contributed by atoms with van der Waals surface area (Å²) in [5.41, 5.74) is 3.61. The molecule has 3 aliphatic rings. The van der Waals surface area contributed by atoms with Crippen molar-refractivity contribution in [2.75, 3.05) is 6.61 Å². The summed E-state index contributed by atoms with van der Waals surface area (Å²) in [7, 11) is 0. The van der Waals surface area contributed by atoms with E-state index in [1.165, 1.54) is 31.8 Å². The van der Waals surface area contributed by atoms with Crippen LogP contribution in [0.1, 0.15) is 66.2 Å².